The van der Waals surface area contributed by atoms with Crippen molar-refractivity contribution in [2.75, 3.05) is 6.61 Å². The van der Waals surface area contributed by atoms with Crippen LogP contribution in [0.2, 0.25) is 0 Å². The first kappa shape index (κ1) is 16.7. The predicted molar refractivity (Wildman–Crippen MR) is 92.0 cm³/mol. The first-order valence-electron chi connectivity index (χ1n) is 7.90. The molecule has 25 heavy (non-hydrogen) atoms. The van der Waals surface area contributed by atoms with E-state index in [1.54, 1.807) is 43.3 Å². The van der Waals surface area contributed by atoms with Crippen molar-refractivity contribution in [1.82, 2.24) is 4.57 Å². The highest BCUT2D eigenvalue weighted by atomic mass is 16.5. The lowest BCUT2D eigenvalue weighted by molar-refractivity contribution is 0.0526. The summed E-state index contributed by atoms with van der Waals surface area (Å²) in [5, 5.41) is 0. The highest BCUT2D eigenvalue weighted by molar-refractivity contribution is 5.96. The average Bonchev–Trinajstić information content (AvgIpc) is 2.90. The number of hydrogen-bond donors (Lipinski definition) is 0. The Morgan fingerprint density at radius 1 is 1.12 bits per heavy atom. The number of carbonyl (C=O) groups is 2. The number of ether oxygens (including phenoxy) is 1. The molecule has 0 atom stereocenters. The highest BCUT2D eigenvalue weighted by Crippen LogP contribution is 2.17. The smallest absolute Gasteiger partial charge is 0.420 e. The number of fused-ring (bicyclic) bond motifs is 1. The number of hydrogen-bond acceptors (Lipinski definition) is 5. The van der Waals surface area contributed by atoms with Gasteiger partial charge in [0.2, 0.25) is 0 Å². The fourth-order valence-electron chi connectivity index (χ4n) is 2.63. The van der Waals surface area contributed by atoms with Crippen LogP contribution in [0.1, 0.15) is 40.1 Å². The number of esters is 1. The molecule has 0 aliphatic carbocycles. The Hall–Kier alpha value is -3.15. The van der Waals surface area contributed by atoms with Crippen LogP contribution >= 0.6 is 0 Å². The number of rotatable bonds is 5. The maximum atomic E-state index is 12.2. The second kappa shape index (κ2) is 6.76. The van der Waals surface area contributed by atoms with Gasteiger partial charge in [-0.05, 0) is 49.7 Å². The highest BCUT2D eigenvalue weighted by Gasteiger charge is 2.13. The first-order chi connectivity index (χ1) is 12.0. The van der Waals surface area contributed by atoms with Gasteiger partial charge >= 0.3 is 11.7 Å². The van der Waals surface area contributed by atoms with Gasteiger partial charge in [-0.25, -0.2) is 9.59 Å². The predicted octanol–water partition coefficient (Wildman–Crippen LogP) is 3.02. The second-order valence-corrected chi connectivity index (χ2v) is 5.61. The normalized spacial score (nSPS) is 10.8. The lowest BCUT2D eigenvalue weighted by Crippen LogP contribution is -2.15. The molecule has 1 aromatic heterocycles. The summed E-state index contributed by atoms with van der Waals surface area (Å²) in [5.74, 6) is -1.02. The SMILES string of the molecule is CCOC(=O)c1cccc(Cn2c(=O)oc3cc(C(C)=O)ccc32)c1. The molecule has 6 nitrogen and oxygen atoms in total. The van der Waals surface area contributed by atoms with Gasteiger partial charge in [0.1, 0.15) is 0 Å². The quantitative estimate of drug-likeness (QED) is 0.527. The molecule has 0 aliphatic heterocycles. The Morgan fingerprint density at radius 2 is 1.92 bits per heavy atom. The Kier molecular flexibility index (Phi) is 4.52. The molecule has 0 spiro atoms. The van der Waals surface area contributed by atoms with Crippen molar-refractivity contribution in [3.8, 4) is 0 Å². The Morgan fingerprint density at radius 3 is 2.64 bits per heavy atom. The van der Waals surface area contributed by atoms with Crippen molar-refractivity contribution in [3.63, 3.8) is 0 Å². The minimum absolute atomic E-state index is 0.0977. The van der Waals surface area contributed by atoms with Gasteiger partial charge in [0.25, 0.3) is 0 Å². The zero-order valence-corrected chi connectivity index (χ0v) is 13.9. The monoisotopic (exact) mass is 339 g/mol. The zero-order chi connectivity index (χ0) is 18.0. The van der Waals surface area contributed by atoms with E-state index in [9.17, 15) is 14.4 Å². The summed E-state index contributed by atoms with van der Waals surface area (Å²) in [4.78, 5) is 35.5. The molecule has 0 fully saturated rings. The number of nitrogens with zero attached hydrogens (tertiary/aromatic N) is 1. The molecule has 0 saturated heterocycles. The molecule has 6 heteroatoms. The van der Waals surface area contributed by atoms with Gasteiger partial charge in [-0.15, -0.1) is 0 Å². The molecule has 2 aromatic carbocycles. The summed E-state index contributed by atoms with van der Waals surface area (Å²) in [5.41, 5.74) is 2.64. The van der Waals surface area contributed by atoms with Crippen LogP contribution in [0.25, 0.3) is 11.1 Å². The molecule has 0 aliphatic rings. The van der Waals surface area contributed by atoms with E-state index < -0.39 is 11.7 Å². The molecule has 3 aromatic rings. The maximum Gasteiger partial charge on any atom is 0.420 e. The van der Waals surface area contributed by atoms with Crippen molar-refractivity contribution in [1.29, 1.82) is 0 Å². The summed E-state index contributed by atoms with van der Waals surface area (Å²) < 4.78 is 11.7. The van der Waals surface area contributed by atoms with Gasteiger partial charge in [0.15, 0.2) is 11.4 Å². The van der Waals surface area contributed by atoms with Gasteiger partial charge in [0.05, 0.1) is 24.2 Å². The third kappa shape index (κ3) is 3.38. The largest absolute Gasteiger partial charge is 0.462 e. The molecule has 0 bridgehead atoms. The van der Waals surface area contributed by atoms with Crippen molar-refractivity contribution >= 4 is 22.9 Å². The van der Waals surface area contributed by atoms with Gasteiger partial charge in [-0.3, -0.25) is 9.36 Å². The number of benzene rings is 2. The van der Waals surface area contributed by atoms with E-state index in [0.717, 1.165) is 5.56 Å². The van der Waals surface area contributed by atoms with Crippen LogP contribution in [-0.2, 0) is 11.3 Å². The lowest BCUT2D eigenvalue weighted by atomic mass is 10.1. The van der Waals surface area contributed by atoms with Gasteiger partial charge in [-0.1, -0.05) is 12.1 Å². The third-order valence-electron chi connectivity index (χ3n) is 3.85. The minimum Gasteiger partial charge on any atom is -0.462 e. The van der Waals surface area contributed by atoms with Crippen LogP contribution in [0.3, 0.4) is 0 Å². The Labute approximate surface area is 143 Å². The average molecular weight is 339 g/mol. The minimum atomic E-state index is -0.516. The van der Waals surface area contributed by atoms with Gasteiger partial charge in [0, 0.05) is 5.56 Å². The molecule has 1 heterocycles. The third-order valence-corrected chi connectivity index (χ3v) is 3.85. The topological polar surface area (TPSA) is 78.5 Å². The number of ketones is 1. The molecule has 0 radical (unpaired) electrons. The van der Waals surface area contributed by atoms with Gasteiger partial charge < -0.3 is 9.15 Å². The van der Waals surface area contributed by atoms with Crippen molar-refractivity contribution in [2.45, 2.75) is 20.4 Å². The van der Waals surface area contributed by atoms with E-state index in [4.69, 9.17) is 9.15 Å². The van der Waals surface area contributed by atoms with Crippen molar-refractivity contribution < 1.29 is 18.7 Å². The molecule has 0 unspecified atom stereocenters. The summed E-state index contributed by atoms with van der Waals surface area (Å²) in [7, 11) is 0. The van der Waals surface area contributed by atoms with E-state index in [-0.39, 0.29) is 12.3 Å². The summed E-state index contributed by atoms with van der Waals surface area (Å²) in [6, 6.07) is 11.8. The Bertz CT molecular complexity index is 1010. The Balaban J connectivity index is 1.97. The van der Waals surface area contributed by atoms with Crippen molar-refractivity contribution in [3.05, 3.63) is 69.7 Å². The number of aromatic nitrogens is 1. The zero-order valence-electron chi connectivity index (χ0n) is 13.9. The van der Waals surface area contributed by atoms with E-state index >= 15 is 0 Å². The first-order valence-corrected chi connectivity index (χ1v) is 7.90. The van der Waals surface area contributed by atoms with Crippen molar-refractivity contribution in [2.24, 2.45) is 0 Å². The fourth-order valence-corrected chi connectivity index (χ4v) is 2.63. The molecule has 3 rings (SSSR count). The van der Waals surface area contributed by atoms with Crippen LogP contribution < -0.4 is 5.76 Å². The number of carbonyl (C=O) groups excluding carboxylic acids is 2. The van der Waals surface area contributed by atoms with Crippen LogP contribution in [0, 0.1) is 0 Å². The molecular formula is C19H17NO5. The molecule has 0 N–H and O–H groups in total. The molecule has 128 valence electrons. The second-order valence-electron chi connectivity index (χ2n) is 5.61. The van der Waals surface area contributed by atoms with Gasteiger partial charge in [-0.2, -0.15) is 0 Å². The van der Waals surface area contributed by atoms with Crippen LogP contribution in [0.5, 0.6) is 0 Å². The molecule has 0 amide bonds. The fraction of sp³-hybridized carbons (Fsp3) is 0.211. The van der Waals surface area contributed by atoms with Crippen LogP contribution in [-0.4, -0.2) is 22.9 Å². The number of oxazole rings is 1. The number of Topliss-reactive ketones (excluding diaryl/α,β-unsaturated/α-hetero) is 1. The van der Waals surface area contributed by atoms with E-state index in [1.165, 1.54) is 11.5 Å². The molecular weight excluding hydrogens is 322 g/mol. The van der Waals surface area contributed by atoms with Crippen LogP contribution in [0.15, 0.2) is 51.7 Å². The lowest BCUT2D eigenvalue weighted by Gasteiger charge is -2.06. The maximum absolute atomic E-state index is 12.2. The molecule has 0 saturated carbocycles. The van der Waals surface area contributed by atoms with E-state index in [1.807, 2.05) is 6.07 Å². The summed E-state index contributed by atoms with van der Waals surface area (Å²) in [6.07, 6.45) is 0. The summed E-state index contributed by atoms with van der Waals surface area (Å²) >= 11 is 0. The standard InChI is InChI=1S/C19H17NO5/c1-3-24-18(22)15-6-4-5-13(9-15)11-20-16-8-7-14(12(2)21)10-17(16)25-19(20)23/h4-10H,3,11H2,1-2H3. The van der Waals surface area contributed by atoms with Crippen LogP contribution in [0.4, 0.5) is 0 Å². The van der Waals surface area contributed by atoms with E-state index in [0.29, 0.717) is 28.8 Å². The summed E-state index contributed by atoms with van der Waals surface area (Å²) in [6.45, 7) is 3.75. The van der Waals surface area contributed by atoms with E-state index in [2.05, 4.69) is 0 Å².